The van der Waals surface area contributed by atoms with Gasteiger partial charge in [-0.3, -0.25) is 0 Å². The fraction of sp³-hybridized carbons (Fsp3) is 0.462. The summed E-state index contributed by atoms with van der Waals surface area (Å²) in [6, 6.07) is 6.61. The smallest absolute Gasteiger partial charge is 0.186 e. The number of benzene rings is 1. The van der Waals surface area contributed by atoms with Gasteiger partial charge in [-0.15, -0.1) is 0 Å². The highest BCUT2D eigenvalue weighted by molar-refractivity contribution is 7.22. The Balaban J connectivity index is 1.94. The van der Waals surface area contributed by atoms with Gasteiger partial charge in [-0.25, -0.2) is 4.98 Å². The largest absolute Gasteiger partial charge is 0.399 e. The van der Waals surface area contributed by atoms with Crippen molar-refractivity contribution in [2.24, 2.45) is 0 Å². The fourth-order valence-electron chi connectivity index (χ4n) is 2.53. The van der Waals surface area contributed by atoms with Gasteiger partial charge >= 0.3 is 0 Å². The van der Waals surface area contributed by atoms with Crippen LogP contribution in [0.1, 0.15) is 25.7 Å². The van der Waals surface area contributed by atoms with Crippen molar-refractivity contribution in [3.05, 3.63) is 18.2 Å². The molecule has 0 bridgehead atoms. The highest BCUT2D eigenvalue weighted by Gasteiger charge is 2.21. The van der Waals surface area contributed by atoms with Gasteiger partial charge in [0.25, 0.3) is 0 Å². The lowest BCUT2D eigenvalue weighted by Crippen LogP contribution is -2.28. The number of fused-ring (bicyclic) bond motifs is 1. The molecule has 0 amide bonds. The summed E-state index contributed by atoms with van der Waals surface area (Å²) in [5.74, 6) is 0. The molecule has 2 N–H and O–H groups in total. The van der Waals surface area contributed by atoms with E-state index < -0.39 is 0 Å². The minimum atomic E-state index is 0.674. The minimum absolute atomic E-state index is 0.674. The average molecular weight is 247 g/mol. The highest BCUT2D eigenvalue weighted by atomic mass is 32.1. The molecule has 90 valence electrons. The summed E-state index contributed by atoms with van der Waals surface area (Å²) in [6.45, 7) is 0. The maximum atomic E-state index is 5.80. The maximum absolute atomic E-state index is 5.80. The van der Waals surface area contributed by atoms with Crippen LogP contribution < -0.4 is 10.6 Å². The molecule has 0 aliphatic heterocycles. The molecule has 1 heterocycles. The quantitative estimate of drug-likeness (QED) is 0.828. The molecule has 1 aromatic carbocycles. The number of nitrogen functional groups attached to an aromatic ring is 1. The Bertz CT molecular complexity index is 528. The molecule has 0 atom stereocenters. The molecule has 0 saturated heterocycles. The molecule has 0 spiro atoms. The predicted molar refractivity (Wildman–Crippen MR) is 74.7 cm³/mol. The Labute approximate surface area is 105 Å². The van der Waals surface area contributed by atoms with Crippen molar-refractivity contribution in [1.82, 2.24) is 4.98 Å². The van der Waals surface area contributed by atoms with E-state index in [4.69, 9.17) is 5.73 Å². The van der Waals surface area contributed by atoms with Crippen LogP contribution in [0.25, 0.3) is 10.2 Å². The van der Waals surface area contributed by atoms with E-state index in [-0.39, 0.29) is 0 Å². The van der Waals surface area contributed by atoms with E-state index in [1.165, 1.54) is 30.4 Å². The average Bonchev–Trinajstić information content (AvgIpc) is 2.96. The Morgan fingerprint density at radius 2 is 2.12 bits per heavy atom. The molecule has 0 radical (unpaired) electrons. The third kappa shape index (κ3) is 1.97. The second-order valence-corrected chi connectivity index (χ2v) is 5.78. The summed E-state index contributed by atoms with van der Waals surface area (Å²) in [6.07, 6.45) is 5.31. The van der Waals surface area contributed by atoms with Gasteiger partial charge in [0.1, 0.15) is 0 Å². The molecule has 2 aromatic rings. The van der Waals surface area contributed by atoms with Gasteiger partial charge in [-0.05, 0) is 31.0 Å². The molecule has 3 rings (SSSR count). The third-order valence-electron chi connectivity index (χ3n) is 3.58. The first-order valence-electron chi connectivity index (χ1n) is 6.13. The van der Waals surface area contributed by atoms with E-state index in [0.717, 1.165) is 16.3 Å². The number of nitrogens with zero attached hydrogens (tertiary/aromatic N) is 2. The van der Waals surface area contributed by atoms with Gasteiger partial charge in [0.05, 0.1) is 10.2 Å². The molecule has 4 heteroatoms. The van der Waals surface area contributed by atoms with Crippen LogP contribution in [0.3, 0.4) is 0 Å². The summed E-state index contributed by atoms with van der Waals surface area (Å²) in [5.41, 5.74) is 7.67. The standard InChI is InChI=1S/C13H17N3S/c1-16(10-4-2-3-5-10)13-15-11-7-6-9(14)8-12(11)17-13/h6-8,10H,2-5,14H2,1H3. The predicted octanol–water partition coefficient (Wildman–Crippen LogP) is 3.26. The lowest BCUT2D eigenvalue weighted by molar-refractivity contribution is 0.652. The Morgan fingerprint density at radius 3 is 2.88 bits per heavy atom. The highest BCUT2D eigenvalue weighted by Crippen LogP contribution is 2.33. The molecule has 1 aliphatic carbocycles. The van der Waals surface area contributed by atoms with E-state index in [0.29, 0.717) is 6.04 Å². The minimum Gasteiger partial charge on any atom is -0.399 e. The maximum Gasteiger partial charge on any atom is 0.186 e. The van der Waals surface area contributed by atoms with Crippen molar-refractivity contribution in [2.75, 3.05) is 17.7 Å². The molecular weight excluding hydrogens is 230 g/mol. The SMILES string of the molecule is CN(c1nc2ccc(N)cc2s1)C1CCCC1. The molecule has 1 aromatic heterocycles. The van der Waals surface area contributed by atoms with Crippen LogP contribution in [0.5, 0.6) is 0 Å². The van der Waals surface area contributed by atoms with Crippen LogP contribution >= 0.6 is 11.3 Å². The van der Waals surface area contributed by atoms with E-state index in [1.807, 2.05) is 18.2 Å². The molecule has 1 saturated carbocycles. The first-order chi connectivity index (χ1) is 8.24. The van der Waals surface area contributed by atoms with E-state index in [2.05, 4.69) is 16.9 Å². The van der Waals surface area contributed by atoms with Gasteiger partial charge in [0, 0.05) is 18.8 Å². The summed E-state index contributed by atoms with van der Waals surface area (Å²) in [7, 11) is 2.16. The number of hydrogen-bond acceptors (Lipinski definition) is 4. The summed E-state index contributed by atoms with van der Waals surface area (Å²) >= 11 is 1.74. The molecule has 0 unspecified atom stereocenters. The monoisotopic (exact) mass is 247 g/mol. The molecule has 1 fully saturated rings. The Kier molecular flexibility index (Phi) is 2.67. The van der Waals surface area contributed by atoms with Gasteiger partial charge in [-0.1, -0.05) is 24.2 Å². The number of aromatic nitrogens is 1. The molecular formula is C13H17N3S. The summed E-state index contributed by atoms with van der Waals surface area (Å²) < 4.78 is 1.19. The third-order valence-corrected chi connectivity index (χ3v) is 4.68. The van der Waals surface area contributed by atoms with Crippen LogP contribution in [-0.2, 0) is 0 Å². The number of hydrogen-bond donors (Lipinski definition) is 1. The van der Waals surface area contributed by atoms with Crippen molar-refractivity contribution < 1.29 is 0 Å². The van der Waals surface area contributed by atoms with Crippen molar-refractivity contribution in [3.8, 4) is 0 Å². The molecule has 1 aliphatic rings. The van der Waals surface area contributed by atoms with Crippen LogP contribution in [-0.4, -0.2) is 18.1 Å². The van der Waals surface area contributed by atoms with Crippen LogP contribution in [0.4, 0.5) is 10.8 Å². The molecule has 3 nitrogen and oxygen atoms in total. The fourth-order valence-corrected chi connectivity index (χ4v) is 3.57. The van der Waals surface area contributed by atoms with Crippen LogP contribution in [0.15, 0.2) is 18.2 Å². The lowest BCUT2D eigenvalue weighted by atomic mass is 10.2. The number of anilines is 2. The van der Waals surface area contributed by atoms with Crippen molar-refractivity contribution in [3.63, 3.8) is 0 Å². The number of nitrogens with two attached hydrogens (primary N) is 1. The number of rotatable bonds is 2. The zero-order valence-electron chi connectivity index (χ0n) is 10.0. The van der Waals surface area contributed by atoms with Crippen LogP contribution in [0.2, 0.25) is 0 Å². The molecule has 17 heavy (non-hydrogen) atoms. The van der Waals surface area contributed by atoms with Gasteiger partial charge in [0.2, 0.25) is 0 Å². The zero-order valence-corrected chi connectivity index (χ0v) is 10.8. The van der Waals surface area contributed by atoms with Gasteiger partial charge in [-0.2, -0.15) is 0 Å². The van der Waals surface area contributed by atoms with Crippen molar-refractivity contribution in [2.45, 2.75) is 31.7 Å². The first kappa shape index (κ1) is 10.8. The lowest BCUT2D eigenvalue weighted by Gasteiger charge is -2.23. The van der Waals surface area contributed by atoms with E-state index in [9.17, 15) is 0 Å². The van der Waals surface area contributed by atoms with E-state index >= 15 is 0 Å². The second-order valence-electron chi connectivity index (χ2n) is 4.77. The summed E-state index contributed by atoms with van der Waals surface area (Å²) in [5, 5.41) is 1.12. The Morgan fingerprint density at radius 1 is 1.35 bits per heavy atom. The second kappa shape index (κ2) is 4.18. The van der Waals surface area contributed by atoms with Crippen molar-refractivity contribution >= 4 is 32.4 Å². The van der Waals surface area contributed by atoms with E-state index in [1.54, 1.807) is 11.3 Å². The first-order valence-corrected chi connectivity index (χ1v) is 6.94. The zero-order chi connectivity index (χ0) is 11.8. The summed E-state index contributed by atoms with van der Waals surface area (Å²) in [4.78, 5) is 7.03. The van der Waals surface area contributed by atoms with Gasteiger partial charge in [0.15, 0.2) is 5.13 Å². The van der Waals surface area contributed by atoms with Gasteiger partial charge < -0.3 is 10.6 Å². The normalized spacial score (nSPS) is 16.8. The number of thiazole rings is 1. The van der Waals surface area contributed by atoms with Crippen molar-refractivity contribution in [1.29, 1.82) is 0 Å². The topological polar surface area (TPSA) is 42.2 Å². The Hall–Kier alpha value is -1.29. The van der Waals surface area contributed by atoms with Crippen LogP contribution in [0, 0.1) is 0 Å².